The topological polar surface area (TPSA) is 3.24 Å². The predicted octanol–water partition coefficient (Wildman–Crippen LogP) is 14.8. The van der Waals surface area contributed by atoms with Gasteiger partial charge in [-0.1, -0.05) is 158 Å². The summed E-state index contributed by atoms with van der Waals surface area (Å²) in [6, 6.07) is 73.0. The molecule has 10 aromatic rings. The van der Waals surface area contributed by atoms with Gasteiger partial charge >= 0.3 is 0 Å². The summed E-state index contributed by atoms with van der Waals surface area (Å²) in [6.07, 6.45) is 0. The van der Waals surface area contributed by atoms with Crippen LogP contribution in [0.3, 0.4) is 0 Å². The van der Waals surface area contributed by atoms with Crippen LogP contribution in [-0.2, 0) is 0 Å². The highest BCUT2D eigenvalue weighted by atomic mass is 32.1. The van der Waals surface area contributed by atoms with Crippen molar-refractivity contribution >= 4 is 70.1 Å². The van der Waals surface area contributed by atoms with E-state index in [9.17, 15) is 0 Å². The number of anilines is 3. The molecule has 0 spiro atoms. The number of hydrogen-bond acceptors (Lipinski definition) is 2. The van der Waals surface area contributed by atoms with Crippen LogP contribution in [0.25, 0.3) is 75.1 Å². The van der Waals surface area contributed by atoms with E-state index in [-0.39, 0.29) is 0 Å². The van der Waals surface area contributed by atoms with E-state index >= 15 is 0 Å². The van der Waals surface area contributed by atoms with Gasteiger partial charge in [0.05, 0.1) is 10.4 Å². The van der Waals surface area contributed by atoms with E-state index in [0.717, 1.165) is 11.4 Å². The standard InChI is InChI=1S/C50H33NS/c1-2-14-37(15-3-1)49-43-19-7-6-13-35(43)28-31-44(49)36-26-29-41(30-27-36)51(47-22-11-21-46-45-20-8-9-23-48(45)52-50(46)47)42-18-10-17-39(33-42)40-25-24-34-12-4-5-16-38(34)32-40/h1-33H. The number of nitrogens with zero attached hydrogens (tertiary/aromatic N) is 1. The summed E-state index contributed by atoms with van der Waals surface area (Å²) in [5.74, 6) is 0. The molecule has 0 saturated carbocycles. The summed E-state index contributed by atoms with van der Waals surface area (Å²) in [4.78, 5) is 2.44. The molecule has 0 saturated heterocycles. The lowest BCUT2D eigenvalue weighted by Gasteiger charge is -2.27. The van der Waals surface area contributed by atoms with Crippen molar-refractivity contribution in [3.63, 3.8) is 0 Å². The third kappa shape index (κ3) is 5.24. The maximum atomic E-state index is 2.44. The molecule has 0 fully saturated rings. The lowest BCUT2D eigenvalue weighted by Crippen LogP contribution is -2.10. The Hall–Kier alpha value is -6.48. The number of thiophene rings is 1. The van der Waals surface area contributed by atoms with E-state index in [1.165, 1.54) is 80.8 Å². The first-order chi connectivity index (χ1) is 25.8. The van der Waals surface area contributed by atoms with Crippen molar-refractivity contribution in [2.45, 2.75) is 0 Å². The molecule has 0 bridgehead atoms. The normalized spacial score (nSPS) is 11.5. The Morgan fingerprint density at radius 1 is 0.346 bits per heavy atom. The highest BCUT2D eigenvalue weighted by molar-refractivity contribution is 7.26. The van der Waals surface area contributed by atoms with Gasteiger partial charge in [0, 0.05) is 26.8 Å². The molecule has 2 heteroatoms. The van der Waals surface area contributed by atoms with Crippen LogP contribution in [0.4, 0.5) is 17.1 Å². The lowest BCUT2D eigenvalue weighted by atomic mass is 9.90. The zero-order valence-corrected chi connectivity index (χ0v) is 29.2. The van der Waals surface area contributed by atoms with Crippen molar-refractivity contribution in [3.8, 4) is 33.4 Å². The minimum absolute atomic E-state index is 1.12. The van der Waals surface area contributed by atoms with Crippen molar-refractivity contribution in [1.29, 1.82) is 0 Å². The third-order valence-electron chi connectivity index (χ3n) is 10.2. The van der Waals surface area contributed by atoms with Crippen LogP contribution in [0.15, 0.2) is 200 Å². The van der Waals surface area contributed by atoms with Crippen molar-refractivity contribution in [2.75, 3.05) is 4.90 Å². The molecule has 244 valence electrons. The molecule has 0 amide bonds. The van der Waals surface area contributed by atoms with Gasteiger partial charge in [0.1, 0.15) is 0 Å². The smallest absolute Gasteiger partial charge is 0.0640 e. The van der Waals surface area contributed by atoms with Gasteiger partial charge in [0.2, 0.25) is 0 Å². The van der Waals surface area contributed by atoms with Gasteiger partial charge in [-0.05, 0) is 97.4 Å². The first-order valence-electron chi connectivity index (χ1n) is 17.8. The molecule has 0 radical (unpaired) electrons. The fourth-order valence-corrected chi connectivity index (χ4v) is 8.95. The average Bonchev–Trinajstić information content (AvgIpc) is 3.61. The summed E-state index contributed by atoms with van der Waals surface area (Å²) >= 11 is 1.87. The maximum absolute atomic E-state index is 2.44. The SMILES string of the molecule is c1ccc(-c2c(-c3ccc(N(c4cccc(-c5ccc6ccccc6c5)c4)c4cccc5c4sc4ccccc45)cc3)ccc3ccccc23)cc1. The van der Waals surface area contributed by atoms with Crippen molar-refractivity contribution < 1.29 is 0 Å². The molecule has 10 rings (SSSR count). The molecule has 9 aromatic carbocycles. The minimum Gasteiger partial charge on any atom is -0.309 e. The molecular formula is C50H33NS. The summed E-state index contributed by atoms with van der Waals surface area (Å²) in [5, 5.41) is 7.59. The Labute approximate surface area is 307 Å². The van der Waals surface area contributed by atoms with E-state index < -0.39 is 0 Å². The van der Waals surface area contributed by atoms with E-state index in [1.807, 2.05) is 11.3 Å². The molecule has 0 aliphatic rings. The highest BCUT2D eigenvalue weighted by Gasteiger charge is 2.19. The number of rotatable bonds is 6. The van der Waals surface area contributed by atoms with Gasteiger partial charge in [-0.15, -0.1) is 11.3 Å². The lowest BCUT2D eigenvalue weighted by molar-refractivity contribution is 1.30. The van der Waals surface area contributed by atoms with Crippen LogP contribution < -0.4 is 4.90 Å². The Kier molecular flexibility index (Phi) is 7.41. The number of fused-ring (bicyclic) bond motifs is 5. The fourth-order valence-electron chi connectivity index (χ4n) is 7.75. The average molecular weight is 680 g/mol. The Balaban J connectivity index is 1.15. The van der Waals surface area contributed by atoms with Gasteiger partial charge in [0.25, 0.3) is 0 Å². The summed E-state index contributed by atoms with van der Waals surface area (Å²) < 4.78 is 2.58. The summed E-state index contributed by atoms with van der Waals surface area (Å²) in [5.41, 5.74) is 10.7. The molecule has 0 aliphatic heterocycles. The Morgan fingerprint density at radius 3 is 1.85 bits per heavy atom. The zero-order valence-electron chi connectivity index (χ0n) is 28.4. The molecule has 52 heavy (non-hydrogen) atoms. The predicted molar refractivity (Wildman–Crippen MR) is 225 cm³/mol. The summed E-state index contributed by atoms with van der Waals surface area (Å²) in [6.45, 7) is 0. The van der Waals surface area contributed by atoms with Crippen LogP contribution in [-0.4, -0.2) is 0 Å². The monoisotopic (exact) mass is 679 g/mol. The Morgan fingerprint density at radius 2 is 0.981 bits per heavy atom. The quantitative estimate of drug-likeness (QED) is 0.169. The van der Waals surface area contributed by atoms with Crippen LogP contribution in [0, 0.1) is 0 Å². The van der Waals surface area contributed by atoms with E-state index in [2.05, 4.69) is 205 Å². The molecule has 0 unspecified atom stereocenters. The van der Waals surface area contributed by atoms with Crippen molar-refractivity contribution in [3.05, 3.63) is 200 Å². The second-order valence-corrected chi connectivity index (χ2v) is 14.4. The van der Waals surface area contributed by atoms with E-state index in [4.69, 9.17) is 0 Å². The second-order valence-electron chi connectivity index (χ2n) is 13.3. The van der Waals surface area contributed by atoms with Crippen LogP contribution >= 0.6 is 11.3 Å². The number of benzene rings is 9. The van der Waals surface area contributed by atoms with Gasteiger partial charge in [-0.25, -0.2) is 0 Å². The van der Waals surface area contributed by atoms with Gasteiger partial charge in [-0.3, -0.25) is 0 Å². The fraction of sp³-hybridized carbons (Fsp3) is 0. The minimum atomic E-state index is 1.12. The highest BCUT2D eigenvalue weighted by Crippen LogP contribution is 2.46. The van der Waals surface area contributed by atoms with Crippen LogP contribution in [0.1, 0.15) is 0 Å². The van der Waals surface area contributed by atoms with Gasteiger partial charge in [-0.2, -0.15) is 0 Å². The third-order valence-corrected chi connectivity index (χ3v) is 11.4. The summed E-state index contributed by atoms with van der Waals surface area (Å²) in [7, 11) is 0. The molecule has 1 heterocycles. The Bertz CT molecular complexity index is 2900. The molecule has 0 N–H and O–H groups in total. The van der Waals surface area contributed by atoms with Crippen molar-refractivity contribution in [1.82, 2.24) is 0 Å². The number of hydrogen-bond donors (Lipinski definition) is 0. The maximum Gasteiger partial charge on any atom is 0.0640 e. The van der Waals surface area contributed by atoms with Crippen molar-refractivity contribution in [2.24, 2.45) is 0 Å². The van der Waals surface area contributed by atoms with Gasteiger partial charge < -0.3 is 4.90 Å². The molecule has 1 nitrogen and oxygen atoms in total. The largest absolute Gasteiger partial charge is 0.309 e. The van der Waals surface area contributed by atoms with E-state index in [1.54, 1.807) is 0 Å². The second kappa shape index (κ2) is 12.7. The first-order valence-corrected chi connectivity index (χ1v) is 18.6. The molecular weight excluding hydrogens is 647 g/mol. The molecule has 0 atom stereocenters. The first kappa shape index (κ1) is 30.4. The molecule has 1 aromatic heterocycles. The van der Waals surface area contributed by atoms with E-state index in [0.29, 0.717) is 0 Å². The van der Waals surface area contributed by atoms with Crippen LogP contribution in [0.5, 0.6) is 0 Å². The molecule has 0 aliphatic carbocycles. The van der Waals surface area contributed by atoms with Crippen LogP contribution in [0.2, 0.25) is 0 Å². The zero-order chi connectivity index (χ0) is 34.4. The van der Waals surface area contributed by atoms with Gasteiger partial charge in [0.15, 0.2) is 0 Å².